The fourth-order valence-corrected chi connectivity index (χ4v) is 2.20. The van der Waals surface area contributed by atoms with E-state index in [1.54, 1.807) is 6.20 Å². The number of hydrogen-bond donors (Lipinski definition) is 1. The fourth-order valence-electron chi connectivity index (χ4n) is 2.20. The minimum absolute atomic E-state index is 0.327. The molecule has 1 rings (SSSR count). The molecule has 1 heterocycles. The first kappa shape index (κ1) is 15.9. The highest BCUT2D eigenvalue weighted by atomic mass is 16.5. The molecular weight excluding hydrogens is 238 g/mol. The van der Waals surface area contributed by atoms with Crippen LogP contribution in [-0.2, 0) is 0 Å². The minimum atomic E-state index is 0.327. The van der Waals surface area contributed by atoms with Crippen LogP contribution in [-0.4, -0.2) is 43.2 Å². The third-order valence-electron chi connectivity index (χ3n) is 3.42. The van der Waals surface area contributed by atoms with Crippen LogP contribution >= 0.6 is 0 Å². The lowest BCUT2D eigenvalue weighted by molar-refractivity contribution is 0.284. The van der Waals surface area contributed by atoms with E-state index in [0.29, 0.717) is 12.6 Å². The van der Waals surface area contributed by atoms with E-state index in [1.165, 1.54) is 5.56 Å². The summed E-state index contributed by atoms with van der Waals surface area (Å²) in [6, 6.07) is 2.41. The Morgan fingerprint density at radius 2 is 2.00 bits per heavy atom. The van der Waals surface area contributed by atoms with Crippen LogP contribution < -0.4 is 10.1 Å². The van der Waals surface area contributed by atoms with Crippen LogP contribution in [0.15, 0.2) is 18.5 Å². The minimum Gasteiger partial charge on any atom is -0.492 e. The molecule has 0 saturated carbocycles. The first-order valence-electron chi connectivity index (χ1n) is 7.22. The molecule has 0 radical (unpaired) electrons. The van der Waals surface area contributed by atoms with E-state index in [4.69, 9.17) is 4.74 Å². The van der Waals surface area contributed by atoms with Gasteiger partial charge in [0.25, 0.3) is 0 Å². The molecule has 0 bridgehead atoms. The van der Waals surface area contributed by atoms with Crippen molar-refractivity contribution in [1.29, 1.82) is 0 Å². The quantitative estimate of drug-likeness (QED) is 0.744. The van der Waals surface area contributed by atoms with Gasteiger partial charge in [0.2, 0.25) is 0 Å². The van der Waals surface area contributed by atoms with Crippen LogP contribution in [0.4, 0.5) is 0 Å². The van der Waals surface area contributed by atoms with Crippen LogP contribution in [0.5, 0.6) is 5.75 Å². The topological polar surface area (TPSA) is 37.4 Å². The molecule has 0 fully saturated rings. The molecule has 1 aromatic rings. The maximum Gasteiger partial charge on any atom is 0.137 e. The van der Waals surface area contributed by atoms with Gasteiger partial charge in [-0.15, -0.1) is 0 Å². The fraction of sp³-hybridized carbons (Fsp3) is 0.667. The van der Waals surface area contributed by atoms with E-state index in [-0.39, 0.29) is 0 Å². The molecule has 1 N–H and O–H groups in total. The highest BCUT2D eigenvalue weighted by Gasteiger charge is 2.12. The molecule has 108 valence electrons. The van der Waals surface area contributed by atoms with Crippen molar-refractivity contribution in [3.8, 4) is 5.75 Å². The molecule has 0 aliphatic rings. The Morgan fingerprint density at radius 1 is 1.26 bits per heavy atom. The summed E-state index contributed by atoms with van der Waals surface area (Å²) in [5.74, 6) is 0.850. The molecule has 1 aromatic heterocycles. The van der Waals surface area contributed by atoms with Crippen molar-refractivity contribution in [2.75, 3.05) is 33.3 Å². The summed E-state index contributed by atoms with van der Waals surface area (Å²) in [6.07, 6.45) is 4.77. The Bertz CT molecular complexity index is 353. The summed E-state index contributed by atoms with van der Waals surface area (Å²) in [6.45, 7) is 10.4. The van der Waals surface area contributed by atoms with Crippen molar-refractivity contribution >= 4 is 0 Å². The van der Waals surface area contributed by atoms with Crippen molar-refractivity contribution in [3.63, 3.8) is 0 Å². The monoisotopic (exact) mass is 265 g/mol. The lowest BCUT2D eigenvalue weighted by atomic mass is 10.1. The second-order valence-electron chi connectivity index (χ2n) is 4.54. The third-order valence-corrected chi connectivity index (χ3v) is 3.42. The van der Waals surface area contributed by atoms with E-state index < -0.39 is 0 Å². The predicted octanol–water partition coefficient (Wildman–Crippen LogP) is 2.47. The third kappa shape index (κ3) is 5.17. The number of aromatic nitrogens is 1. The smallest absolute Gasteiger partial charge is 0.137 e. The Labute approximate surface area is 117 Å². The number of rotatable bonds is 9. The van der Waals surface area contributed by atoms with Gasteiger partial charge in [-0.2, -0.15) is 0 Å². The molecule has 0 aromatic carbocycles. The zero-order chi connectivity index (χ0) is 14.1. The molecular formula is C15H27N3O. The second-order valence-corrected chi connectivity index (χ2v) is 4.54. The summed E-state index contributed by atoms with van der Waals surface area (Å²) in [5.41, 5.74) is 1.20. The Hall–Kier alpha value is -1.13. The number of hydrogen-bond acceptors (Lipinski definition) is 4. The SMILES string of the molecule is CCOc1cncc(C(CCN(CC)CC)NC)c1. The van der Waals surface area contributed by atoms with Gasteiger partial charge in [0.1, 0.15) is 5.75 Å². The van der Waals surface area contributed by atoms with Gasteiger partial charge in [0, 0.05) is 12.2 Å². The summed E-state index contributed by atoms with van der Waals surface area (Å²) in [7, 11) is 2.00. The van der Waals surface area contributed by atoms with Gasteiger partial charge >= 0.3 is 0 Å². The van der Waals surface area contributed by atoms with Crippen molar-refractivity contribution in [1.82, 2.24) is 15.2 Å². The van der Waals surface area contributed by atoms with E-state index in [9.17, 15) is 0 Å². The normalized spacial score (nSPS) is 12.7. The van der Waals surface area contributed by atoms with Gasteiger partial charge in [-0.05, 0) is 51.7 Å². The van der Waals surface area contributed by atoms with Gasteiger partial charge in [0.15, 0.2) is 0 Å². The van der Waals surface area contributed by atoms with Crippen molar-refractivity contribution < 1.29 is 4.74 Å². The average Bonchev–Trinajstić information content (AvgIpc) is 2.44. The summed E-state index contributed by atoms with van der Waals surface area (Å²) in [4.78, 5) is 6.70. The Morgan fingerprint density at radius 3 is 2.58 bits per heavy atom. The van der Waals surface area contributed by atoms with Crippen LogP contribution in [0.25, 0.3) is 0 Å². The second kappa shape index (κ2) is 8.88. The molecule has 4 heteroatoms. The maximum atomic E-state index is 5.51. The van der Waals surface area contributed by atoms with Crippen LogP contribution in [0.1, 0.15) is 38.8 Å². The predicted molar refractivity (Wildman–Crippen MR) is 79.6 cm³/mol. The molecule has 19 heavy (non-hydrogen) atoms. The Kier molecular flexibility index (Phi) is 7.45. The molecule has 4 nitrogen and oxygen atoms in total. The molecule has 0 amide bonds. The van der Waals surface area contributed by atoms with E-state index in [1.807, 2.05) is 20.2 Å². The van der Waals surface area contributed by atoms with E-state index in [2.05, 4.69) is 35.1 Å². The maximum absolute atomic E-state index is 5.51. The lowest BCUT2D eigenvalue weighted by Gasteiger charge is -2.22. The lowest BCUT2D eigenvalue weighted by Crippen LogP contribution is -2.28. The number of nitrogens with one attached hydrogen (secondary N) is 1. The van der Waals surface area contributed by atoms with E-state index >= 15 is 0 Å². The number of nitrogens with zero attached hydrogens (tertiary/aromatic N) is 2. The zero-order valence-electron chi connectivity index (χ0n) is 12.6. The molecule has 1 atom stereocenters. The molecule has 0 spiro atoms. The van der Waals surface area contributed by atoms with Crippen molar-refractivity contribution in [2.45, 2.75) is 33.2 Å². The number of pyridine rings is 1. The van der Waals surface area contributed by atoms with Crippen molar-refractivity contribution in [3.05, 3.63) is 24.0 Å². The standard InChI is InChI=1S/C15H27N3O/c1-5-18(6-2)9-8-15(16-4)13-10-14(19-7-3)12-17-11-13/h10-12,15-16H,5-9H2,1-4H3. The molecule has 0 aliphatic heterocycles. The van der Waals surface area contributed by atoms with Gasteiger partial charge in [-0.1, -0.05) is 13.8 Å². The number of ether oxygens (including phenoxy) is 1. The van der Waals surface area contributed by atoms with Gasteiger partial charge in [0.05, 0.1) is 12.8 Å². The van der Waals surface area contributed by atoms with Crippen LogP contribution in [0.2, 0.25) is 0 Å². The molecule has 0 aliphatic carbocycles. The Balaban J connectivity index is 2.65. The first-order valence-corrected chi connectivity index (χ1v) is 7.22. The first-order chi connectivity index (χ1) is 9.24. The largest absolute Gasteiger partial charge is 0.492 e. The summed E-state index contributed by atoms with van der Waals surface area (Å²) >= 11 is 0. The van der Waals surface area contributed by atoms with Gasteiger partial charge in [-0.3, -0.25) is 4.98 Å². The van der Waals surface area contributed by atoms with Gasteiger partial charge in [-0.25, -0.2) is 0 Å². The molecule has 1 unspecified atom stereocenters. The van der Waals surface area contributed by atoms with E-state index in [0.717, 1.165) is 31.8 Å². The average molecular weight is 265 g/mol. The highest BCUT2D eigenvalue weighted by Crippen LogP contribution is 2.20. The highest BCUT2D eigenvalue weighted by molar-refractivity contribution is 5.26. The van der Waals surface area contributed by atoms with Crippen molar-refractivity contribution in [2.24, 2.45) is 0 Å². The van der Waals surface area contributed by atoms with Crippen LogP contribution in [0, 0.1) is 0 Å². The van der Waals surface area contributed by atoms with Gasteiger partial charge < -0.3 is 15.0 Å². The molecule has 0 saturated heterocycles. The van der Waals surface area contributed by atoms with Crippen LogP contribution in [0.3, 0.4) is 0 Å². The summed E-state index contributed by atoms with van der Waals surface area (Å²) < 4.78 is 5.51. The zero-order valence-corrected chi connectivity index (χ0v) is 12.6. The summed E-state index contributed by atoms with van der Waals surface area (Å²) in [5, 5.41) is 3.37.